The van der Waals surface area contributed by atoms with E-state index in [1.165, 1.54) is 75.0 Å². The Morgan fingerprint density at radius 1 is 0.605 bits per heavy atom. The molecule has 1 aromatic heterocycles. The van der Waals surface area contributed by atoms with Crippen molar-refractivity contribution in [2.75, 3.05) is 68.8 Å². The normalized spacial score (nSPS) is 24.0. The lowest BCUT2D eigenvalue weighted by molar-refractivity contribution is -0.159. The zero-order chi connectivity index (χ0) is 59.3. The van der Waals surface area contributed by atoms with Crippen LogP contribution in [-0.2, 0) is 81.8 Å². The highest BCUT2D eigenvalue weighted by Gasteiger charge is 2.54. The molecule has 4 saturated heterocycles. The zero-order valence-electron chi connectivity index (χ0n) is 46.3. The molecule has 4 aliphatic heterocycles. The first kappa shape index (κ1) is 68.8. The van der Waals surface area contributed by atoms with Crippen LogP contribution in [-0.4, -0.2) is 199 Å². The molecule has 8 atom stereocenters. The molecule has 0 aliphatic carbocycles. The Bertz CT molecular complexity index is 2260. The van der Waals surface area contributed by atoms with Gasteiger partial charge in [-0.3, -0.25) is 50.7 Å². The Morgan fingerprint density at radius 3 is 1.21 bits per heavy atom. The van der Waals surface area contributed by atoms with Gasteiger partial charge in [0.05, 0.1) is 28.4 Å². The van der Waals surface area contributed by atoms with E-state index in [1.54, 1.807) is 62.7 Å². The van der Waals surface area contributed by atoms with Gasteiger partial charge >= 0.3 is 29.8 Å². The lowest BCUT2D eigenvalue weighted by atomic mass is 9.88. The molecule has 30 heteroatoms. The van der Waals surface area contributed by atoms with Gasteiger partial charge in [0.25, 0.3) is 5.91 Å². The van der Waals surface area contributed by atoms with Crippen LogP contribution in [0.25, 0.3) is 0 Å². The number of rotatable bonds is 13. The molecule has 5 heterocycles. The first-order valence-electron chi connectivity index (χ1n) is 23.5. The van der Waals surface area contributed by atoms with Crippen molar-refractivity contribution in [3.8, 4) is 0 Å². The van der Waals surface area contributed by atoms with Crippen LogP contribution in [0.5, 0.6) is 0 Å². The van der Waals surface area contributed by atoms with Gasteiger partial charge in [0.15, 0.2) is 0 Å². The fourth-order valence-corrected chi connectivity index (χ4v) is 7.89. The molecule has 5 rings (SSSR count). The molecular formula is C46H78N12O18. The average molecular weight is 1090 g/mol. The number of aliphatic carboxylic acids is 1. The minimum absolute atomic E-state index is 0.186. The molecular weight excluding hydrogens is 1010 g/mol. The number of carboxylic acids is 1. The number of aryl methyl sites for hydroxylation is 1. The van der Waals surface area contributed by atoms with E-state index < -0.39 is 99.3 Å². The highest BCUT2D eigenvalue weighted by Crippen LogP contribution is 2.37. The number of carbonyl (C=O) groups is 11. The molecule has 0 radical (unpaired) electrons. The molecule has 0 spiro atoms. The van der Waals surface area contributed by atoms with Gasteiger partial charge in [-0.1, -0.05) is 0 Å². The van der Waals surface area contributed by atoms with Crippen molar-refractivity contribution < 1.29 is 85.9 Å². The Labute approximate surface area is 441 Å². The maximum atomic E-state index is 12.5. The maximum Gasteiger partial charge on any atom is 0.328 e. The second-order valence-electron chi connectivity index (χ2n) is 18.3. The molecule has 430 valence electrons. The van der Waals surface area contributed by atoms with Crippen molar-refractivity contribution in [3.63, 3.8) is 0 Å². The fraction of sp³-hybridized carbons (Fsp3) is 0.696. The van der Waals surface area contributed by atoms with E-state index in [0.717, 1.165) is 0 Å². The summed E-state index contributed by atoms with van der Waals surface area (Å²) < 4.78 is 28.0. The number of aromatic nitrogens is 2. The number of hydrazine groups is 2. The first-order valence-corrected chi connectivity index (χ1v) is 23.5. The maximum absolute atomic E-state index is 12.5. The number of nitrogens with one attached hydrogen (secondary N) is 2. The van der Waals surface area contributed by atoms with Crippen LogP contribution >= 0.6 is 0 Å². The number of methoxy groups -OCH3 is 5. The summed E-state index contributed by atoms with van der Waals surface area (Å²) in [5, 5.41) is 20.3. The molecule has 30 nitrogen and oxygen atoms in total. The smallest absolute Gasteiger partial charge is 0.328 e. The van der Waals surface area contributed by atoms with E-state index >= 15 is 0 Å². The Kier molecular flexibility index (Phi) is 27.5. The van der Waals surface area contributed by atoms with Gasteiger partial charge in [0.1, 0.15) is 45.8 Å². The highest BCUT2D eigenvalue weighted by atomic mass is 16.5. The van der Waals surface area contributed by atoms with Crippen LogP contribution in [0.15, 0.2) is 9.52 Å². The number of esters is 4. The van der Waals surface area contributed by atoms with Gasteiger partial charge < -0.3 is 52.8 Å². The largest absolute Gasteiger partial charge is 0.480 e. The number of hydrazone groups is 1. The molecule has 9 N–H and O–H groups in total. The van der Waals surface area contributed by atoms with Crippen LogP contribution < -0.4 is 28.4 Å². The number of likely N-dealkylation sites (tertiary alicyclic amines) is 4. The van der Waals surface area contributed by atoms with Crippen molar-refractivity contribution in [2.24, 2.45) is 38.9 Å². The van der Waals surface area contributed by atoms with Crippen LogP contribution in [0.3, 0.4) is 0 Å². The molecule has 0 aromatic carbocycles. The van der Waals surface area contributed by atoms with Crippen molar-refractivity contribution >= 4 is 71.5 Å². The van der Waals surface area contributed by atoms with Gasteiger partial charge in [-0.15, -0.1) is 10.2 Å². The van der Waals surface area contributed by atoms with Crippen molar-refractivity contribution in [3.05, 3.63) is 11.8 Å². The predicted molar refractivity (Wildman–Crippen MR) is 266 cm³/mol. The van der Waals surface area contributed by atoms with Crippen LogP contribution in [0.4, 0.5) is 0 Å². The van der Waals surface area contributed by atoms with Gasteiger partial charge in [-0.05, 0) is 88.0 Å². The Hall–Kier alpha value is -7.18. The Balaban J connectivity index is 0.000000960. The van der Waals surface area contributed by atoms with E-state index in [9.17, 15) is 52.7 Å². The Morgan fingerprint density at radius 2 is 0.921 bits per heavy atom. The summed E-state index contributed by atoms with van der Waals surface area (Å²) in [7, 11) is 8.31. The number of amides is 6. The summed E-state index contributed by atoms with van der Waals surface area (Å²) in [6.45, 7) is 17.3. The summed E-state index contributed by atoms with van der Waals surface area (Å²) in [5.41, 5.74) is -0.362. The topological polar surface area (TPSA) is 421 Å². The zero-order valence-corrected chi connectivity index (χ0v) is 46.3. The van der Waals surface area contributed by atoms with E-state index in [1.807, 2.05) is 5.43 Å². The predicted octanol–water partition coefficient (Wildman–Crippen LogP) is -1.93. The highest BCUT2D eigenvalue weighted by molar-refractivity contribution is 6.08. The molecule has 76 heavy (non-hydrogen) atoms. The lowest BCUT2D eigenvalue weighted by Crippen LogP contribution is -2.49. The standard InChI is InChI=1S/C12H17N3O4.C12H19N3O4.C10H17N3O4.C10H15NO5.C2H6O.H4N2/c1-7(9(16)18-4)15-6-5-12(3,11(15)17)10-14-13-8(2)19-10;1-5-13-14-10(17)12(3)6-7-15(11(12)18)8(2)9(16)19-4;1-6(7(14)17-3)13-5-4-10(2,9(13)16)8(15)12-11;1-6(7(12)16-3)11-5-4-10(2,8(11)13)9(14)15;1-3-2;1-2/h7H,5-6H2,1-4H3;5,8H,6-7H2,1-4H3,(H,14,17);6H,4-5,11H2,1-3H3,(H,12,15);6H,4-5H2,1-3H3,(H,14,15);1-2H3;1-2H2/b;13-5+;;;;/t7-,12?;8-,12?;2*6-,10?;;/m1111../s1. The van der Waals surface area contributed by atoms with E-state index in [0.29, 0.717) is 50.7 Å². The first-order chi connectivity index (χ1) is 35.4. The third kappa shape index (κ3) is 15.7. The number of hydrogen-bond donors (Lipinski definition) is 6. The summed E-state index contributed by atoms with van der Waals surface area (Å²) in [5.74, 6) is 8.14. The average Bonchev–Trinajstić information content (AvgIpc) is 4.23. The van der Waals surface area contributed by atoms with Crippen LogP contribution in [0, 0.1) is 23.2 Å². The summed E-state index contributed by atoms with van der Waals surface area (Å²) >= 11 is 0. The van der Waals surface area contributed by atoms with E-state index in [-0.39, 0.29) is 24.8 Å². The van der Waals surface area contributed by atoms with E-state index in [4.69, 9.17) is 15.4 Å². The molecule has 0 bridgehead atoms. The minimum atomic E-state index is -1.41. The molecule has 4 fully saturated rings. The van der Waals surface area contributed by atoms with Gasteiger partial charge in [0.2, 0.25) is 41.3 Å². The summed E-state index contributed by atoms with van der Waals surface area (Å²) in [6, 6.07) is -2.73. The minimum Gasteiger partial charge on any atom is -0.480 e. The lowest BCUT2D eigenvalue weighted by Gasteiger charge is -2.25. The van der Waals surface area contributed by atoms with Crippen LogP contribution in [0.2, 0.25) is 0 Å². The number of carbonyl (C=O) groups excluding carboxylic acids is 10. The molecule has 4 aliphatic rings. The van der Waals surface area contributed by atoms with Crippen LogP contribution in [0.1, 0.15) is 99.8 Å². The number of ether oxygens (including phenoxy) is 5. The molecule has 0 saturated carbocycles. The molecule has 1 aromatic rings. The summed E-state index contributed by atoms with van der Waals surface area (Å²) in [6.07, 6.45) is 2.85. The third-order valence-corrected chi connectivity index (χ3v) is 13.3. The quantitative estimate of drug-likeness (QED) is 0.0238. The SMILES string of the molecule is C/C=N/NC(=O)C1(C)CCN([C@H](C)C(=O)OC)C1=O.COC.COC(=O)[C@@H](C)N1CCC(C)(C(=O)NN)C1=O.COC(=O)[C@@H](C)N1CCC(C)(C(=O)O)C1=O.COC(=O)[C@@H](C)N1CCC(C)(c2nnc(C)o2)C1=O.NN. The number of nitrogens with zero attached hydrogens (tertiary/aromatic N) is 7. The second kappa shape index (κ2) is 30.4. The molecule has 6 amide bonds. The number of carboxylic acid groups (broad SMARTS) is 1. The van der Waals surface area contributed by atoms with Gasteiger partial charge in [0, 0.05) is 53.5 Å². The van der Waals surface area contributed by atoms with Gasteiger partial charge in [-0.25, -0.2) is 30.4 Å². The van der Waals surface area contributed by atoms with Crippen molar-refractivity contribution in [1.82, 2.24) is 40.6 Å². The summed E-state index contributed by atoms with van der Waals surface area (Å²) in [4.78, 5) is 134. The number of hydrogen-bond acceptors (Lipinski definition) is 23. The van der Waals surface area contributed by atoms with Gasteiger partial charge in [-0.2, -0.15) is 5.10 Å². The van der Waals surface area contributed by atoms with Crippen molar-refractivity contribution in [1.29, 1.82) is 0 Å². The fourth-order valence-electron chi connectivity index (χ4n) is 7.89. The molecule has 4 unspecified atom stereocenters. The van der Waals surface area contributed by atoms with E-state index in [2.05, 4.69) is 56.1 Å². The third-order valence-electron chi connectivity index (χ3n) is 13.3. The monoisotopic (exact) mass is 1090 g/mol. The van der Waals surface area contributed by atoms with Crippen molar-refractivity contribution in [2.45, 2.75) is 125 Å². The second-order valence-corrected chi connectivity index (χ2v) is 18.3. The number of nitrogens with two attached hydrogens (primary N) is 3.